The van der Waals surface area contributed by atoms with E-state index in [9.17, 15) is 14.4 Å². The number of anilines is 1. The Labute approximate surface area is 217 Å². The van der Waals surface area contributed by atoms with E-state index in [1.54, 1.807) is 24.3 Å². The zero-order valence-electron chi connectivity index (χ0n) is 21.1. The molecule has 2 bridgehead atoms. The summed E-state index contributed by atoms with van der Waals surface area (Å²) in [5.74, 6) is -1.78. The molecular weight excluding hydrogens is 462 g/mol. The van der Waals surface area contributed by atoms with E-state index in [-0.39, 0.29) is 29.6 Å². The minimum atomic E-state index is -0.417. The van der Waals surface area contributed by atoms with E-state index >= 15 is 0 Å². The monoisotopic (exact) mass is 493 g/mol. The lowest BCUT2D eigenvalue weighted by Gasteiger charge is -2.45. The Kier molecular flexibility index (Phi) is 6.15. The largest absolute Gasteiger partial charge is 0.462 e. The predicted octanol–water partition coefficient (Wildman–Crippen LogP) is 6.21. The number of unbranched alkanes of at least 4 members (excludes halogenated alkanes) is 4. The zero-order chi connectivity index (χ0) is 25.5. The molecule has 2 amide bonds. The van der Waals surface area contributed by atoms with Crippen molar-refractivity contribution in [1.82, 2.24) is 0 Å². The number of rotatable bonds is 8. The van der Waals surface area contributed by atoms with Crippen LogP contribution in [0.25, 0.3) is 0 Å². The molecule has 3 aromatic rings. The number of hydrogen-bond acceptors (Lipinski definition) is 4. The summed E-state index contributed by atoms with van der Waals surface area (Å²) in [5.41, 5.74) is 5.56. The molecule has 0 N–H and O–H groups in total. The summed E-state index contributed by atoms with van der Waals surface area (Å²) in [7, 11) is 0. The number of carbonyl (C=O) groups is 3. The predicted molar refractivity (Wildman–Crippen MR) is 142 cm³/mol. The van der Waals surface area contributed by atoms with Crippen molar-refractivity contribution in [2.24, 2.45) is 11.8 Å². The van der Waals surface area contributed by atoms with Gasteiger partial charge in [-0.05, 0) is 52.9 Å². The third-order valence-electron chi connectivity index (χ3n) is 8.29. The molecule has 0 spiro atoms. The lowest BCUT2D eigenvalue weighted by Crippen LogP contribution is -2.41. The van der Waals surface area contributed by atoms with Gasteiger partial charge in [0, 0.05) is 11.8 Å². The number of hydrogen-bond donors (Lipinski definition) is 0. The van der Waals surface area contributed by atoms with Crippen LogP contribution < -0.4 is 4.90 Å². The summed E-state index contributed by atoms with van der Waals surface area (Å²) in [4.78, 5) is 41.5. The standard InChI is InChI=1S/C32H31NO4/c1-2-3-4-5-10-19-37-32(36)20-15-17-21(18-16-20)33-30(34)28-26-22-11-6-7-12-23(22)27(29(28)31(33)35)25-14-9-8-13-24(25)26/h6-9,11-18,26-29H,2-5,10,19H2,1H3/t26?,27?,28-,29-/m0/s1. The van der Waals surface area contributed by atoms with Crippen molar-refractivity contribution in [2.75, 3.05) is 11.5 Å². The second-order valence-corrected chi connectivity index (χ2v) is 10.4. The molecular formula is C32H31NO4. The molecule has 1 aliphatic heterocycles. The van der Waals surface area contributed by atoms with E-state index in [0.29, 0.717) is 17.9 Å². The number of esters is 1. The van der Waals surface area contributed by atoms with Gasteiger partial charge in [0.1, 0.15) is 0 Å². The minimum Gasteiger partial charge on any atom is -0.462 e. The molecule has 4 aliphatic rings. The zero-order valence-corrected chi connectivity index (χ0v) is 21.1. The quantitative estimate of drug-likeness (QED) is 0.213. The van der Waals surface area contributed by atoms with Crippen molar-refractivity contribution in [2.45, 2.75) is 50.9 Å². The minimum absolute atomic E-state index is 0.129. The Morgan fingerprint density at radius 3 is 1.68 bits per heavy atom. The van der Waals surface area contributed by atoms with Crippen molar-refractivity contribution in [3.8, 4) is 0 Å². The molecule has 3 aliphatic carbocycles. The Bertz CT molecular complexity index is 1250. The molecule has 188 valence electrons. The van der Waals surface area contributed by atoms with Crippen LogP contribution >= 0.6 is 0 Å². The van der Waals surface area contributed by atoms with Gasteiger partial charge in [-0.15, -0.1) is 0 Å². The first-order chi connectivity index (χ1) is 18.1. The first kappa shape index (κ1) is 23.7. The van der Waals surface area contributed by atoms with Crippen molar-refractivity contribution >= 4 is 23.5 Å². The summed E-state index contributed by atoms with van der Waals surface area (Å²) >= 11 is 0. The fraction of sp³-hybridized carbons (Fsp3) is 0.344. The SMILES string of the molecule is CCCCCCCOC(=O)c1ccc(N2C(=O)[C@H]3C4c5ccccc5C(c5ccccc54)[C@@H]3C2=O)cc1. The topological polar surface area (TPSA) is 63.7 Å². The van der Waals surface area contributed by atoms with Crippen LogP contribution in [0.3, 0.4) is 0 Å². The second kappa shape index (κ2) is 9.62. The molecule has 2 atom stereocenters. The third kappa shape index (κ3) is 3.79. The second-order valence-electron chi connectivity index (χ2n) is 10.4. The first-order valence-electron chi connectivity index (χ1n) is 13.4. The highest BCUT2D eigenvalue weighted by Crippen LogP contribution is 2.61. The van der Waals surface area contributed by atoms with E-state index in [0.717, 1.165) is 41.5 Å². The molecule has 0 radical (unpaired) electrons. The van der Waals surface area contributed by atoms with Crippen LogP contribution in [0, 0.1) is 11.8 Å². The van der Waals surface area contributed by atoms with Gasteiger partial charge >= 0.3 is 5.97 Å². The van der Waals surface area contributed by atoms with E-state index in [1.165, 1.54) is 17.7 Å². The van der Waals surface area contributed by atoms with Crippen LogP contribution in [-0.2, 0) is 14.3 Å². The molecule has 1 fully saturated rings. The number of nitrogens with zero attached hydrogens (tertiary/aromatic N) is 1. The van der Waals surface area contributed by atoms with E-state index in [1.807, 2.05) is 24.3 Å². The van der Waals surface area contributed by atoms with Gasteiger partial charge in [-0.25, -0.2) is 9.69 Å². The van der Waals surface area contributed by atoms with Gasteiger partial charge in [0.05, 0.1) is 29.7 Å². The maximum atomic E-state index is 13.8. The summed E-state index contributed by atoms with van der Waals surface area (Å²) in [6.45, 7) is 2.57. The molecule has 5 nitrogen and oxygen atoms in total. The average molecular weight is 494 g/mol. The van der Waals surface area contributed by atoms with E-state index in [2.05, 4.69) is 31.2 Å². The number of imide groups is 1. The molecule has 1 saturated heterocycles. The third-order valence-corrected chi connectivity index (χ3v) is 8.29. The smallest absolute Gasteiger partial charge is 0.338 e. The van der Waals surface area contributed by atoms with E-state index in [4.69, 9.17) is 4.74 Å². The highest BCUT2D eigenvalue weighted by Gasteiger charge is 2.61. The van der Waals surface area contributed by atoms with Crippen molar-refractivity contribution in [1.29, 1.82) is 0 Å². The molecule has 5 heteroatoms. The lowest BCUT2D eigenvalue weighted by atomic mass is 9.55. The normalized spacial score (nSPS) is 23.0. The average Bonchev–Trinajstić information content (AvgIpc) is 3.20. The first-order valence-corrected chi connectivity index (χ1v) is 13.4. The van der Waals surface area contributed by atoms with Crippen LogP contribution in [0.15, 0.2) is 72.8 Å². The van der Waals surface area contributed by atoms with Gasteiger partial charge in [0.2, 0.25) is 11.8 Å². The summed E-state index contributed by atoms with van der Waals surface area (Å²) in [5, 5.41) is 0. The summed E-state index contributed by atoms with van der Waals surface area (Å²) in [6.07, 6.45) is 5.44. The molecule has 0 aromatic heterocycles. The Balaban J connectivity index is 1.23. The van der Waals surface area contributed by atoms with Gasteiger partial charge in [0.15, 0.2) is 0 Å². The lowest BCUT2D eigenvalue weighted by molar-refractivity contribution is -0.122. The number of ether oxygens (including phenoxy) is 1. The van der Waals surface area contributed by atoms with Crippen molar-refractivity contribution < 1.29 is 19.1 Å². The molecule has 0 saturated carbocycles. The van der Waals surface area contributed by atoms with Crippen LogP contribution in [0.4, 0.5) is 5.69 Å². The molecule has 37 heavy (non-hydrogen) atoms. The van der Waals surface area contributed by atoms with Gasteiger partial charge in [-0.3, -0.25) is 9.59 Å². The van der Waals surface area contributed by atoms with Crippen LogP contribution in [0.2, 0.25) is 0 Å². The van der Waals surface area contributed by atoms with Gasteiger partial charge in [0.25, 0.3) is 0 Å². The maximum Gasteiger partial charge on any atom is 0.338 e. The van der Waals surface area contributed by atoms with Crippen molar-refractivity contribution in [3.05, 3.63) is 101 Å². The maximum absolute atomic E-state index is 13.8. The van der Waals surface area contributed by atoms with Crippen LogP contribution in [0.5, 0.6) is 0 Å². The molecule has 3 aromatic carbocycles. The number of carbonyl (C=O) groups excluding carboxylic acids is 3. The summed E-state index contributed by atoms with van der Waals surface area (Å²) in [6, 6.07) is 23.1. The molecule has 0 unspecified atom stereocenters. The van der Waals surface area contributed by atoms with Crippen LogP contribution in [-0.4, -0.2) is 24.4 Å². The fourth-order valence-corrected chi connectivity index (χ4v) is 6.63. The highest BCUT2D eigenvalue weighted by atomic mass is 16.5. The molecule has 7 rings (SSSR count). The van der Waals surface area contributed by atoms with Gasteiger partial charge in [-0.1, -0.05) is 81.1 Å². The number of amides is 2. The fourth-order valence-electron chi connectivity index (χ4n) is 6.63. The Hall–Kier alpha value is -3.73. The van der Waals surface area contributed by atoms with Crippen LogP contribution in [0.1, 0.15) is 83.5 Å². The van der Waals surface area contributed by atoms with Gasteiger partial charge in [-0.2, -0.15) is 0 Å². The molecule has 1 heterocycles. The van der Waals surface area contributed by atoms with Crippen molar-refractivity contribution in [3.63, 3.8) is 0 Å². The Morgan fingerprint density at radius 1 is 0.703 bits per heavy atom. The van der Waals surface area contributed by atoms with Gasteiger partial charge < -0.3 is 4.74 Å². The van der Waals surface area contributed by atoms with E-state index < -0.39 is 11.8 Å². The highest BCUT2D eigenvalue weighted by molar-refractivity contribution is 6.23. The Morgan fingerprint density at radius 2 is 1.19 bits per heavy atom. The summed E-state index contributed by atoms with van der Waals surface area (Å²) < 4.78 is 5.41. The number of benzene rings is 3.